The smallest absolute Gasteiger partial charge is 0.378 e. The van der Waals surface area contributed by atoms with Crippen molar-refractivity contribution in [3.05, 3.63) is 53.1 Å². The summed E-state index contributed by atoms with van der Waals surface area (Å²) in [5.74, 6) is -2.11. The monoisotopic (exact) mass is 427 g/mol. The molecule has 29 heavy (non-hydrogen) atoms. The van der Waals surface area contributed by atoms with Gasteiger partial charge in [-0.3, -0.25) is 9.59 Å². The van der Waals surface area contributed by atoms with Gasteiger partial charge in [-0.2, -0.15) is 13.2 Å². The Labute approximate surface area is 169 Å². The van der Waals surface area contributed by atoms with Gasteiger partial charge in [-0.1, -0.05) is 23.7 Å². The van der Waals surface area contributed by atoms with E-state index in [2.05, 4.69) is 10.6 Å². The predicted molar refractivity (Wildman–Crippen MR) is 103 cm³/mol. The number of hydrogen-bond donors (Lipinski definition) is 2. The number of nitrogens with one attached hydrogen (secondary N) is 2. The molecule has 6 nitrogen and oxygen atoms in total. The van der Waals surface area contributed by atoms with E-state index >= 15 is 0 Å². The summed E-state index contributed by atoms with van der Waals surface area (Å²) in [7, 11) is 0. The number of rotatable bonds is 3. The first-order valence-corrected chi connectivity index (χ1v) is 9.04. The lowest BCUT2D eigenvalue weighted by atomic mass is 10.2. The fraction of sp³-hybridized carbons (Fsp3) is 0.263. The zero-order valence-electron chi connectivity index (χ0n) is 15.1. The van der Waals surface area contributed by atoms with Crippen LogP contribution in [0, 0.1) is 0 Å². The van der Waals surface area contributed by atoms with Crippen molar-refractivity contribution in [1.82, 2.24) is 0 Å². The number of carbonyl (C=O) groups is 2. The highest BCUT2D eigenvalue weighted by molar-refractivity contribution is 6.44. The number of ether oxygens (including phenoxy) is 1. The summed E-state index contributed by atoms with van der Waals surface area (Å²) in [6.07, 6.45) is -4.68. The van der Waals surface area contributed by atoms with E-state index in [0.717, 1.165) is 11.8 Å². The van der Waals surface area contributed by atoms with Crippen LogP contribution in [0.1, 0.15) is 5.56 Å². The molecule has 0 aromatic heterocycles. The van der Waals surface area contributed by atoms with Crippen LogP contribution in [-0.4, -0.2) is 38.1 Å². The van der Waals surface area contributed by atoms with Gasteiger partial charge in [0.15, 0.2) is 0 Å². The molecule has 0 atom stereocenters. The third-order valence-corrected chi connectivity index (χ3v) is 4.57. The number of alkyl halides is 3. The van der Waals surface area contributed by atoms with Gasteiger partial charge in [-0.25, -0.2) is 0 Å². The number of para-hydroxylation sites is 2. The minimum absolute atomic E-state index is 0.191. The standard InChI is InChI=1S/C19H17ClF3N3O3/c20-14-6-5-12(11-13(14)19(21,22)23)24-17(27)18(28)25-15-3-1-2-4-16(15)26-7-9-29-10-8-26/h1-6,11H,7-10H2,(H,24,27)(H,25,28). The van der Waals surface area contributed by atoms with Crippen molar-refractivity contribution in [2.24, 2.45) is 0 Å². The van der Waals surface area contributed by atoms with Gasteiger partial charge in [0.1, 0.15) is 0 Å². The minimum atomic E-state index is -4.68. The van der Waals surface area contributed by atoms with Crippen molar-refractivity contribution in [3.63, 3.8) is 0 Å². The van der Waals surface area contributed by atoms with E-state index in [-0.39, 0.29) is 5.69 Å². The Bertz CT molecular complexity index is 915. The van der Waals surface area contributed by atoms with E-state index < -0.39 is 28.6 Å². The molecule has 2 aromatic carbocycles. The van der Waals surface area contributed by atoms with Gasteiger partial charge in [-0.15, -0.1) is 0 Å². The van der Waals surface area contributed by atoms with Crippen molar-refractivity contribution in [1.29, 1.82) is 0 Å². The molecule has 1 fully saturated rings. The Morgan fingerprint density at radius 2 is 1.66 bits per heavy atom. The number of amides is 2. The molecule has 2 N–H and O–H groups in total. The normalized spacial score (nSPS) is 14.4. The first-order valence-electron chi connectivity index (χ1n) is 8.66. The molecule has 3 rings (SSSR count). The molecule has 1 heterocycles. The predicted octanol–water partition coefficient (Wildman–Crippen LogP) is 3.77. The first kappa shape index (κ1) is 20.9. The van der Waals surface area contributed by atoms with E-state index in [1.165, 1.54) is 6.07 Å². The van der Waals surface area contributed by atoms with Crippen molar-refractivity contribution >= 4 is 40.5 Å². The van der Waals surface area contributed by atoms with Crippen LogP contribution in [0.4, 0.5) is 30.2 Å². The summed E-state index contributed by atoms with van der Waals surface area (Å²) >= 11 is 5.55. The van der Waals surface area contributed by atoms with Crippen LogP contribution in [0.2, 0.25) is 5.02 Å². The summed E-state index contributed by atoms with van der Waals surface area (Å²) in [4.78, 5) is 26.5. The number of morpholine rings is 1. The highest BCUT2D eigenvalue weighted by atomic mass is 35.5. The summed E-state index contributed by atoms with van der Waals surface area (Å²) in [6.45, 7) is 2.34. The molecule has 0 bridgehead atoms. The van der Waals surface area contributed by atoms with Crippen LogP contribution in [-0.2, 0) is 20.5 Å². The van der Waals surface area contributed by atoms with Crippen molar-refractivity contribution in [2.75, 3.05) is 41.8 Å². The summed E-state index contributed by atoms with van der Waals surface area (Å²) in [5.41, 5.74) is -0.150. The Morgan fingerprint density at radius 3 is 2.34 bits per heavy atom. The Kier molecular flexibility index (Phi) is 6.29. The molecular weight excluding hydrogens is 411 g/mol. The molecule has 1 aliphatic heterocycles. The molecule has 10 heteroatoms. The Morgan fingerprint density at radius 1 is 1.00 bits per heavy atom. The molecule has 1 aliphatic rings. The summed E-state index contributed by atoms with van der Waals surface area (Å²) < 4.78 is 44.1. The number of nitrogens with zero attached hydrogens (tertiary/aromatic N) is 1. The maximum Gasteiger partial charge on any atom is 0.417 e. The number of hydrogen-bond acceptors (Lipinski definition) is 4. The fourth-order valence-electron chi connectivity index (χ4n) is 2.85. The van der Waals surface area contributed by atoms with Gasteiger partial charge in [0.25, 0.3) is 0 Å². The second-order valence-corrected chi connectivity index (χ2v) is 6.62. The number of halogens is 4. The van der Waals surface area contributed by atoms with Gasteiger partial charge in [-0.05, 0) is 30.3 Å². The highest BCUT2D eigenvalue weighted by Crippen LogP contribution is 2.36. The van der Waals surface area contributed by atoms with Gasteiger partial charge in [0, 0.05) is 18.8 Å². The highest BCUT2D eigenvalue weighted by Gasteiger charge is 2.33. The van der Waals surface area contributed by atoms with Crippen LogP contribution >= 0.6 is 11.6 Å². The van der Waals surface area contributed by atoms with Crippen LogP contribution < -0.4 is 15.5 Å². The van der Waals surface area contributed by atoms with Crippen LogP contribution in [0.5, 0.6) is 0 Å². The number of carbonyl (C=O) groups excluding carboxylic acids is 2. The van der Waals surface area contributed by atoms with Gasteiger partial charge in [0.05, 0.1) is 35.2 Å². The van der Waals surface area contributed by atoms with E-state index in [4.69, 9.17) is 16.3 Å². The first-order chi connectivity index (χ1) is 13.8. The van der Waals surface area contributed by atoms with Crippen molar-refractivity contribution < 1.29 is 27.5 Å². The maximum absolute atomic E-state index is 12.9. The third-order valence-electron chi connectivity index (χ3n) is 4.24. The average Bonchev–Trinajstić information content (AvgIpc) is 2.69. The molecule has 0 unspecified atom stereocenters. The topological polar surface area (TPSA) is 70.7 Å². The number of benzene rings is 2. The van der Waals surface area contributed by atoms with Crippen LogP contribution in [0.25, 0.3) is 0 Å². The lowest BCUT2D eigenvalue weighted by Crippen LogP contribution is -2.37. The molecule has 0 spiro atoms. The fourth-order valence-corrected chi connectivity index (χ4v) is 3.07. The van der Waals surface area contributed by atoms with Crippen molar-refractivity contribution in [2.45, 2.75) is 6.18 Å². The Balaban J connectivity index is 1.72. The maximum atomic E-state index is 12.9. The molecule has 0 aliphatic carbocycles. The van der Waals surface area contributed by atoms with E-state index in [0.29, 0.717) is 38.1 Å². The van der Waals surface area contributed by atoms with Crippen LogP contribution in [0.3, 0.4) is 0 Å². The zero-order chi connectivity index (χ0) is 21.0. The lowest BCUT2D eigenvalue weighted by Gasteiger charge is -2.30. The van der Waals surface area contributed by atoms with E-state index in [1.54, 1.807) is 24.3 Å². The molecule has 2 aromatic rings. The van der Waals surface area contributed by atoms with Gasteiger partial charge < -0.3 is 20.3 Å². The minimum Gasteiger partial charge on any atom is -0.378 e. The van der Waals surface area contributed by atoms with E-state index in [9.17, 15) is 22.8 Å². The molecule has 0 radical (unpaired) electrons. The quantitative estimate of drug-likeness (QED) is 0.731. The SMILES string of the molecule is O=C(Nc1ccc(Cl)c(C(F)(F)F)c1)C(=O)Nc1ccccc1N1CCOCC1. The van der Waals surface area contributed by atoms with Crippen molar-refractivity contribution in [3.8, 4) is 0 Å². The summed E-state index contributed by atoms with van der Waals surface area (Å²) in [6, 6.07) is 9.80. The summed E-state index contributed by atoms with van der Waals surface area (Å²) in [5, 5.41) is 4.16. The zero-order valence-corrected chi connectivity index (χ0v) is 15.8. The number of anilines is 3. The van der Waals surface area contributed by atoms with Gasteiger partial charge in [0.2, 0.25) is 0 Å². The van der Waals surface area contributed by atoms with Crippen LogP contribution in [0.15, 0.2) is 42.5 Å². The molecule has 2 amide bonds. The Hall–Kier alpha value is -2.78. The molecular formula is C19H17ClF3N3O3. The second kappa shape index (κ2) is 8.71. The lowest BCUT2D eigenvalue weighted by molar-refractivity contribution is -0.137. The average molecular weight is 428 g/mol. The van der Waals surface area contributed by atoms with Gasteiger partial charge >= 0.3 is 18.0 Å². The largest absolute Gasteiger partial charge is 0.417 e. The third kappa shape index (κ3) is 5.18. The second-order valence-electron chi connectivity index (χ2n) is 6.22. The molecule has 154 valence electrons. The van der Waals surface area contributed by atoms with E-state index in [1.807, 2.05) is 4.90 Å². The molecule has 0 saturated carbocycles. The molecule has 1 saturated heterocycles.